The van der Waals surface area contributed by atoms with Crippen LogP contribution in [-0.2, 0) is 11.3 Å². The Bertz CT molecular complexity index is 531. The van der Waals surface area contributed by atoms with E-state index in [9.17, 15) is 0 Å². The molecule has 1 aromatic carbocycles. The maximum atomic E-state index is 5.76. The van der Waals surface area contributed by atoms with Gasteiger partial charge in [-0.2, -0.15) is 0 Å². The molecule has 1 unspecified atom stereocenters. The minimum atomic E-state index is 0. The van der Waals surface area contributed by atoms with Crippen molar-refractivity contribution in [3.8, 4) is 5.75 Å². The smallest absolute Gasteiger partial charge is 0.193 e. The van der Waals surface area contributed by atoms with Crippen molar-refractivity contribution in [3.05, 3.63) is 29.8 Å². The molecule has 1 N–H and O–H groups in total. The highest BCUT2D eigenvalue weighted by molar-refractivity contribution is 14.0. The molecule has 1 atom stereocenters. The van der Waals surface area contributed by atoms with Gasteiger partial charge in [-0.15, -0.1) is 24.0 Å². The molecule has 0 bridgehead atoms. The molecule has 1 aliphatic rings. The van der Waals surface area contributed by atoms with Crippen LogP contribution in [-0.4, -0.2) is 50.3 Å². The summed E-state index contributed by atoms with van der Waals surface area (Å²) < 4.78 is 11.2. The molecule has 0 saturated carbocycles. The molecule has 2 rings (SSSR count). The Hall–Kier alpha value is -1.02. The van der Waals surface area contributed by atoms with Crippen molar-refractivity contribution < 1.29 is 9.47 Å². The van der Waals surface area contributed by atoms with Crippen molar-refractivity contribution in [1.29, 1.82) is 0 Å². The van der Waals surface area contributed by atoms with Crippen LogP contribution in [0.15, 0.2) is 29.3 Å². The summed E-state index contributed by atoms with van der Waals surface area (Å²) in [5.74, 6) is 2.44. The van der Waals surface area contributed by atoms with Gasteiger partial charge < -0.3 is 19.7 Å². The van der Waals surface area contributed by atoms with E-state index in [0.717, 1.165) is 50.0 Å². The third kappa shape index (κ3) is 7.81. The Morgan fingerprint density at radius 2 is 2.24 bits per heavy atom. The molecule has 0 aliphatic carbocycles. The second-order valence-electron chi connectivity index (χ2n) is 6.59. The van der Waals surface area contributed by atoms with Gasteiger partial charge in [-0.25, -0.2) is 4.99 Å². The standard InChI is InChI=1S/C19H31N3O2.HI/c1-5-20-19(22(4)13-17-9-10-23-14-17)21-12-16-7-6-8-18(11-16)24-15(2)3;/h6-8,11,15,17H,5,9-10,12-14H2,1-4H3,(H,20,21);1H. The van der Waals surface area contributed by atoms with E-state index in [1.165, 1.54) is 0 Å². The Morgan fingerprint density at radius 1 is 1.44 bits per heavy atom. The number of rotatable bonds is 7. The Labute approximate surface area is 169 Å². The molecule has 142 valence electrons. The molecule has 1 fully saturated rings. The van der Waals surface area contributed by atoms with Crippen LogP contribution in [0.4, 0.5) is 0 Å². The van der Waals surface area contributed by atoms with Crippen LogP contribution in [0.1, 0.15) is 32.8 Å². The van der Waals surface area contributed by atoms with Gasteiger partial charge in [0.15, 0.2) is 5.96 Å². The number of nitrogens with one attached hydrogen (secondary N) is 1. The molecule has 0 spiro atoms. The summed E-state index contributed by atoms with van der Waals surface area (Å²) in [4.78, 5) is 6.99. The fourth-order valence-electron chi connectivity index (χ4n) is 2.83. The molecule has 0 radical (unpaired) electrons. The third-order valence-corrected chi connectivity index (χ3v) is 3.93. The highest BCUT2D eigenvalue weighted by Gasteiger charge is 2.19. The Kier molecular flexibility index (Phi) is 10.2. The van der Waals surface area contributed by atoms with E-state index in [1.54, 1.807) is 0 Å². The van der Waals surface area contributed by atoms with E-state index >= 15 is 0 Å². The van der Waals surface area contributed by atoms with Crippen LogP contribution < -0.4 is 10.1 Å². The summed E-state index contributed by atoms with van der Waals surface area (Å²) in [6.07, 6.45) is 1.32. The lowest BCUT2D eigenvalue weighted by Crippen LogP contribution is -2.41. The van der Waals surface area contributed by atoms with Crippen LogP contribution in [0, 0.1) is 5.92 Å². The lowest BCUT2D eigenvalue weighted by molar-refractivity contribution is 0.181. The van der Waals surface area contributed by atoms with Gasteiger partial charge >= 0.3 is 0 Å². The molecular formula is C19H32IN3O2. The number of benzene rings is 1. The van der Waals surface area contributed by atoms with Gasteiger partial charge in [-0.05, 0) is 44.9 Å². The molecule has 1 aromatic rings. The zero-order valence-corrected chi connectivity index (χ0v) is 18.2. The first-order chi connectivity index (χ1) is 11.6. The van der Waals surface area contributed by atoms with Gasteiger partial charge in [0.1, 0.15) is 5.75 Å². The topological polar surface area (TPSA) is 46.1 Å². The van der Waals surface area contributed by atoms with Crippen molar-refractivity contribution in [2.24, 2.45) is 10.9 Å². The van der Waals surface area contributed by atoms with E-state index in [2.05, 4.69) is 36.3 Å². The van der Waals surface area contributed by atoms with E-state index in [-0.39, 0.29) is 30.1 Å². The van der Waals surface area contributed by atoms with E-state index in [0.29, 0.717) is 12.5 Å². The van der Waals surface area contributed by atoms with E-state index in [1.807, 2.05) is 26.0 Å². The van der Waals surface area contributed by atoms with Crippen molar-refractivity contribution >= 4 is 29.9 Å². The molecule has 0 aromatic heterocycles. The number of hydrogen-bond acceptors (Lipinski definition) is 3. The predicted octanol–water partition coefficient (Wildman–Crippen LogP) is 3.53. The van der Waals surface area contributed by atoms with Crippen LogP contribution in [0.3, 0.4) is 0 Å². The summed E-state index contributed by atoms with van der Waals surface area (Å²) in [5, 5.41) is 3.38. The predicted molar refractivity (Wildman–Crippen MR) is 114 cm³/mol. The highest BCUT2D eigenvalue weighted by atomic mass is 127. The first-order valence-electron chi connectivity index (χ1n) is 8.91. The lowest BCUT2D eigenvalue weighted by Gasteiger charge is -2.24. The monoisotopic (exact) mass is 461 g/mol. The van der Waals surface area contributed by atoms with Crippen molar-refractivity contribution in [3.63, 3.8) is 0 Å². The second kappa shape index (κ2) is 11.6. The Morgan fingerprint density at radius 3 is 2.88 bits per heavy atom. The van der Waals surface area contributed by atoms with Crippen molar-refractivity contribution in [2.75, 3.05) is 33.4 Å². The lowest BCUT2D eigenvalue weighted by atomic mass is 10.1. The van der Waals surface area contributed by atoms with Gasteiger partial charge in [0.25, 0.3) is 0 Å². The first kappa shape index (κ1) is 22.0. The average Bonchev–Trinajstić information content (AvgIpc) is 3.04. The summed E-state index contributed by atoms with van der Waals surface area (Å²) >= 11 is 0. The maximum Gasteiger partial charge on any atom is 0.193 e. The van der Waals surface area contributed by atoms with Crippen LogP contribution in [0.5, 0.6) is 5.75 Å². The molecule has 1 aliphatic heterocycles. The first-order valence-corrected chi connectivity index (χ1v) is 8.91. The Balaban J connectivity index is 0.00000312. The number of aliphatic imine (C=N–C) groups is 1. The summed E-state index contributed by atoms with van der Waals surface area (Å²) in [6, 6.07) is 8.17. The van der Waals surface area contributed by atoms with Crippen molar-refractivity contribution in [1.82, 2.24) is 10.2 Å². The highest BCUT2D eigenvalue weighted by Crippen LogP contribution is 2.16. The summed E-state index contributed by atoms with van der Waals surface area (Å²) in [6.45, 7) is 10.4. The average molecular weight is 461 g/mol. The number of hydrogen-bond donors (Lipinski definition) is 1. The number of guanidine groups is 1. The van der Waals surface area contributed by atoms with E-state index in [4.69, 9.17) is 14.5 Å². The quantitative estimate of drug-likeness (QED) is 0.384. The molecule has 0 amide bonds. The molecule has 1 saturated heterocycles. The van der Waals surface area contributed by atoms with Gasteiger partial charge in [0.05, 0.1) is 19.3 Å². The minimum Gasteiger partial charge on any atom is -0.491 e. The van der Waals surface area contributed by atoms with Gasteiger partial charge in [-0.3, -0.25) is 0 Å². The zero-order chi connectivity index (χ0) is 17.4. The van der Waals surface area contributed by atoms with E-state index < -0.39 is 0 Å². The fraction of sp³-hybridized carbons (Fsp3) is 0.632. The maximum absolute atomic E-state index is 5.76. The van der Waals surface area contributed by atoms with Gasteiger partial charge in [0, 0.05) is 32.7 Å². The number of ether oxygens (including phenoxy) is 2. The zero-order valence-electron chi connectivity index (χ0n) is 15.8. The van der Waals surface area contributed by atoms with Gasteiger partial charge in [0.2, 0.25) is 0 Å². The molecule has 5 nitrogen and oxygen atoms in total. The van der Waals surface area contributed by atoms with Crippen LogP contribution >= 0.6 is 24.0 Å². The molecule has 1 heterocycles. The fourth-order valence-corrected chi connectivity index (χ4v) is 2.83. The summed E-state index contributed by atoms with van der Waals surface area (Å²) in [5.41, 5.74) is 1.15. The minimum absolute atomic E-state index is 0. The molecular weight excluding hydrogens is 429 g/mol. The summed E-state index contributed by atoms with van der Waals surface area (Å²) in [7, 11) is 2.10. The largest absolute Gasteiger partial charge is 0.491 e. The number of halogens is 1. The second-order valence-corrected chi connectivity index (χ2v) is 6.59. The normalized spacial score (nSPS) is 17.3. The van der Waals surface area contributed by atoms with Crippen molar-refractivity contribution in [2.45, 2.75) is 39.8 Å². The number of nitrogens with zero attached hydrogens (tertiary/aromatic N) is 2. The molecule has 6 heteroatoms. The third-order valence-electron chi connectivity index (χ3n) is 3.93. The molecule has 25 heavy (non-hydrogen) atoms. The van der Waals surface area contributed by atoms with Crippen LogP contribution in [0.2, 0.25) is 0 Å². The SMILES string of the molecule is CCNC(=NCc1cccc(OC(C)C)c1)N(C)CC1CCOC1.I. The van der Waals surface area contributed by atoms with Gasteiger partial charge in [-0.1, -0.05) is 12.1 Å². The van der Waals surface area contributed by atoms with Crippen LogP contribution in [0.25, 0.3) is 0 Å².